The van der Waals surface area contributed by atoms with Crippen LogP contribution in [0.15, 0.2) is 53.8 Å². The highest BCUT2D eigenvalue weighted by Gasteiger charge is 2.43. The molecule has 6 rings (SSSR count). The predicted molar refractivity (Wildman–Crippen MR) is 189 cm³/mol. The number of nitrogens with one attached hydrogen (secondary N) is 2. The number of amides is 2. The number of aromatic nitrogens is 1. The summed E-state index contributed by atoms with van der Waals surface area (Å²) in [6.07, 6.45) is 9.81. The van der Waals surface area contributed by atoms with Crippen LogP contribution in [0.5, 0.6) is 5.75 Å². The van der Waals surface area contributed by atoms with Crippen molar-refractivity contribution in [2.45, 2.75) is 68.3 Å². The fourth-order valence-electron chi connectivity index (χ4n) is 6.78. The molecule has 1 saturated carbocycles. The number of piperidine rings is 1. The van der Waals surface area contributed by atoms with E-state index in [4.69, 9.17) is 56.1 Å². The van der Waals surface area contributed by atoms with Crippen LogP contribution in [0.1, 0.15) is 56.1 Å². The molecule has 1 aromatic heterocycles. The third kappa shape index (κ3) is 8.22. The summed E-state index contributed by atoms with van der Waals surface area (Å²) in [7, 11) is 0. The Balaban J connectivity index is 1.13. The number of alkyl halides is 2. The molecule has 4 aliphatic rings. The number of carbonyl (C=O) groups is 2. The standard InChI is InChI=1S/C35H41Cl4N5O3/c1-21-13-30(36)33(31(37)14-21)47-27-9-12-43(20-27)32-6-3-24(17-42-32)28-8-11-40-18-29(28)34(46)44(26-4-5-26)19-25-15-23(16-41-22(2)45)7-10-35(25,38)39/h3,6-7,13-15,17,26-29,40H,4-5,8-12,16,18-20H2,1-2H3,(H,41,45)/t27-,28-,29+/m1/s1. The minimum atomic E-state index is -1.10. The molecule has 2 N–H and O–H groups in total. The van der Waals surface area contributed by atoms with Crippen molar-refractivity contribution in [2.24, 2.45) is 5.92 Å². The van der Waals surface area contributed by atoms with Gasteiger partial charge in [0.1, 0.15) is 16.3 Å². The number of hydrogen-bond donors (Lipinski definition) is 2. The number of pyridine rings is 1. The molecule has 0 radical (unpaired) electrons. The number of halogens is 4. The molecule has 0 bridgehead atoms. The fraction of sp³-hybridized carbons (Fsp3) is 0.514. The summed E-state index contributed by atoms with van der Waals surface area (Å²) in [6, 6.07) is 8.07. The van der Waals surface area contributed by atoms with Crippen LogP contribution in [0, 0.1) is 12.8 Å². The van der Waals surface area contributed by atoms with Crippen LogP contribution in [0.3, 0.4) is 0 Å². The van der Waals surface area contributed by atoms with Gasteiger partial charge >= 0.3 is 0 Å². The fourth-order valence-corrected chi connectivity index (χ4v) is 7.85. The highest BCUT2D eigenvalue weighted by Crippen LogP contribution is 2.42. The van der Waals surface area contributed by atoms with E-state index in [-0.39, 0.29) is 35.8 Å². The topological polar surface area (TPSA) is 86.8 Å². The van der Waals surface area contributed by atoms with Crippen molar-refractivity contribution in [1.82, 2.24) is 20.5 Å². The Labute approximate surface area is 296 Å². The van der Waals surface area contributed by atoms with Gasteiger partial charge < -0.3 is 25.2 Å². The van der Waals surface area contributed by atoms with E-state index in [1.807, 2.05) is 42.3 Å². The van der Waals surface area contributed by atoms with E-state index >= 15 is 0 Å². The zero-order valence-corrected chi connectivity index (χ0v) is 29.7. The second-order valence-corrected chi connectivity index (χ2v) is 15.5. The molecule has 2 saturated heterocycles. The number of benzene rings is 1. The molecule has 3 fully saturated rings. The normalized spacial score (nSPS) is 24.0. The maximum atomic E-state index is 14.3. The molecule has 0 spiro atoms. The summed E-state index contributed by atoms with van der Waals surface area (Å²) in [4.78, 5) is 34.8. The van der Waals surface area contributed by atoms with Gasteiger partial charge in [-0.15, -0.1) is 0 Å². The number of aryl methyl sites for hydroxylation is 1. The van der Waals surface area contributed by atoms with Gasteiger partial charge in [-0.25, -0.2) is 4.98 Å². The Morgan fingerprint density at radius 3 is 2.60 bits per heavy atom. The summed E-state index contributed by atoms with van der Waals surface area (Å²) in [5.41, 5.74) is 3.78. The van der Waals surface area contributed by atoms with Crippen LogP contribution in [-0.2, 0) is 9.59 Å². The van der Waals surface area contributed by atoms with Crippen molar-refractivity contribution >= 4 is 64.0 Å². The van der Waals surface area contributed by atoms with Crippen molar-refractivity contribution in [3.05, 3.63) is 74.9 Å². The number of nitrogens with zero attached hydrogens (tertiary/aromatic N) is 3. The molecule has 2 aromatic rings. The summed E-state index contributed by atoms with van der Waals surface area (Å²) >= 11 is 26.4. The number of rotatable bonds is 10. The smallest absolute Gasteiger partial charge is 0.228 e. The van der Waals surface area contributed by atoms with E-state index in [0.717, 1.165) is 66.9 Å². The lowest BCUT2D eigenvalue weighted by atomic mass is 9.80. The van der Waals surface area contributed by atoms with Crippen molar-refractivity contribution < 1.29 is 14.3 Å². The first-order valence-corrected chi connectivity index (χ1v) is 17.9. The first-order valence-electron chi connectivity index (χ1n) is 16.3. The third-order valence-corrected chi connectivity index (χ3v) is 10.9. The van der Waals surface area contributed by atoms with Gasteiger partial charge in [-0.2, -0.15) is 0 Å². The summed E-state index contributed by atoms with van der Waals surface area (Å²) in [6.45, 7) is 7.13. The lowest BCUT2D eigenvalue weighted by Gasteiger charge is -2.37. The molecule has 0 unspecified atom stereocenters. The lowest BCUT2D eigenvalue weighted by molar-refractivity contribution is -0.137. The van der Waals surface area contributed by atoms with Gasteiger partial charge in [0.25, 0.3) is 0 Å². The van der Waals surface area contributed by atoms with Gasteiger partial charge in [-0.3, -0.25) is 9.59 Å². The predicted octanol–water partition coefficient (Wildman–Crippen LogP) is 6.61. The molecule has 2 aliphatic carbocycles. The maximum absolute atomic E-state index is 14.3. The monoisotopic (exact) mass is 719 g/mol. The Morgan fingerprint density at radius 2 is 1.91 bits per heavy atom. The van der Waals surface area contributed by atoms with Crippen LogP contribution < -0.4 is 20.3 Å². The van der Waals surface area contributed by atoms with Crippen molar-refractivity contribution in [3.8, 4) is 5.75 Å². The molecule has 47 heavy (non-hydrogen) atoms. The van der Waals surface area contributed by atoms with Crippen LogP contribution in [-0.4, -0.2) is 77.4 Å². The molecule has 2 amide bonds. The summed E-state index contributed by atoms with van der Waals surface area (Å²) in [5, 5.41) is 7.33. The average Bonchev–Trinajstić information content (AvgIpc) is 3.77. The molecule has 252 valence electrons. The van der Waals surface area contributed by atoms with Crippen LogP contribution in [0.25, 0.3) is 0 Å². The first kappa shape index (κ1) is 34.4. The molecular weight excluding hydrogens is 680 g/mol. The van der Waals surface area contributed by atoms with Crippen LogP contribution in [0.2, 0.25) is 10.0 Å². The number of ether oxygens (including phenoxy) is 1. The van der Waals surface area contributed by atoms with Crippen LogP contribution in [0.4, 0.5) is 5.82 Å². The Hall–Kier alpha value is -2.49. The zero-order chi connectivity index (χ0) is 33.3. The zero-order valence-electron chi connectivity index (χ0n) is 26.7. The molecule has 1 aromatic carbocycles. The highest BCUT2D eigenvalue weighted by atomic mass is 35.5. The second-order valence-electron chi connectivity index (χ2n) is 13.2. The van der Waals surface area contributed by atoms with Gasteiger partial charge in [0.05, 0.1) is 22.5 Å². The van der Waals surface area contributed by atoms with Crippen LogP contribution >= 0.6 is 46.4 Å². The van der Waals surface area contributed by atoms with Crippen molar-refractivity contribution in [2.75, 3.05) is 44.2 Å². The first-order chi connectivity index (χ1) is 22.5. The molecule has 12 heteroatoms. The van der Waals surface area contributed by atoms with Gasteiger partial charge in [-0.05, 0) is 79.1 Å². The number of anilines is 1. The van der Waals surface area contributed by atoms with E-state index < -0.39 is 4.33 Å². The number of hydrogen-bond acceptors (Lipinski definition) is 6. The van der Waals surface area contributed by atoms with Gasteiger partial charge in [-0.1, -0.05) is 64.6 Å². The minimum absolute atomic E-state index is 0.0411. The van der Waals surface area contributed by atoms with Gasteiger partial charge in [0.2, 0.25) is 11.8 Å². The SMILES string of the molecule is CC(=O)NCC1=CCC(Cl)(Cl)C(CN(C(=O)[C@H]2CNCC[C@@H]2c2ccc(N3CC[C@@H](Oc4c(Cl)cc(C)cc4Cl)C3)nc2)C2CC2)=C1. The summed E-state index contributed by atoms with van der Waals surface area (Å²) < 4.78 is 5.12. The maximum Gasteiger partial charge on any atom is 0.228 e. The van der Waals surface area contributed by atoms with Gasteiger partial charge in [0, 0.05) is 58.2 Å². The van der Waals surface area contributed by atoms with Crippen molar-refractivity contribution in [1.29, 1.82) is 0 Å². The molecular formula is C35H41Cl4N5O3. The van der Waals surface area contributed by atoms with Crippen molar-refractivity contribution in [3.63, 3.8) is 0 Å². The minimum Gasteiger partial charge on any atom is -0.485 e. The van der Waals surface area contributed by atoms with E-state index in [2.05, 4.69) is 27.7 Å². The highest BCUT2D eigenvalue weighted by molar-refractivity contribution is 6.50. The Kier molecular flexibility index (Phi) is 10.6. The molecule has 3 atom stereocenters. The third-order valence-electron chi connectivity index (χ3n) is 9.50. The largest absolute Gasteiger partial charge is 0.485 e. The van der Waals surface area contributed by atoms with E-state index in [9.17, 15) is 9.59 Å². The van der Waals surface area contributed by atoms with E-state index in [1.54, 1.807) is 0 Å². The second kappa shape index (κ2) is 14.6. The lowest BCUT2D eigenvalue weighted by Crippen LogP contribution is -2.48. The Bertz CT molecular complexity index is 1540. The number of carbonyl (C=O) groups excluding carboxylic acids is 2. The Morgan fingerprint density at radius 1 is 1.15 bits per heavy atom. The van der Waals surface area contributed by atoms with E-state index in [0.29, 0.717) is 48.4 Å². The molecule has 3 heterocycles. The molecule has 2 aliphatic heterocycles. The average molecular weight is 722 g/mol. The summed E-state index contributed by atoms with van der Waals surface area (Å²) in [5.74, 6) is 1.23. The number of allylic oxidation sites excluding steroid dienone is 1. The van der Waals surface area contributed by atoms with Gasteiger partial charge in [0.15, 0.2) is 5.75 Å². The van der Waals surface area contributed by atoms with E-state index in [1.165, 1.54) is 6.92 Å². The quantitative estimate of drug-likeness (QED) is 0.269. The molecule has 8 nitrogen and oxygen atoms in total.